The Morgan fingerprint density at radius 3 is 1.57 bits per heavy atom. The lowest BCUT2D eigenvalue weighted by Gasteiger charge is -1.95. The molecule has 1 aromatic carbocycles. The summed E-state index contributed by atoms with van der Waals surface area (Å²) in [6.07, 6.45) is 0.222. The lowest BCUT2D eigenvalue weighted by Crippen LogP contribution is -2.05. The Bertz CT molecular complexity index is 495. The summed E-state index contributed by atoms with van der Waals surface area (Å²) < 4.78 is 0. The van der Waals surface area contributed by atoms with Crippen molar-refractivity contribution in [2.45, 2.75) is 20.3 Å². The van der Waals surface area contributed by atoms with Crippen LogP contribution in [0.2, 0.25) is 0 Å². The molecule has 0 saturated carbocycles. The monoisotopic (exact) mass is 300 g/mol. The molecule has 0 radical (unpaired) electrons. The minimum Gasteiger partial charge on any atom is -0.507 e. The van der Waals surface area contributed by atoms with Gasteiger partial charge in [0, 0.05) is 13.3 Å². The number of hydrogen-bond acceptors (Lipinski definition) is 5. The molecule has 0 bridgehead atoms. The van der Waals surface area contributed by atoms with Gasteiger partial charge in [0.05, 0.1) is 0 Å². The molecule has 0 aliphatic carbocycles. The van der Waals surface area contributed by atoms with Crippen LogP contribution >= 0.6 is 0 Å². The first-order valence-electron chi connectivity index (χ1n) is 5.60. The quantitative estimate of drug-likeness (QED) is 0.609. The number of Topliss-reactive ketones (excluding diaryl/α,β-unsaturated/α-hetero) is 1. The molecule has 0 fully saturated rings. The van der Waals surface area contributed by atoms with E-state index < -0.39 is 23.7 Å². The van der Waals surface area contributed by atoms with Crippen molar-refractivity contribution >= 4 is 23.7 Å². The maximum atomic E-state index is 10.3. The van der Waals surface area contributed by atoms with Crippen LogP contribution in [0.3, 0.4) is 0 Å². The largest absolute Gasteiger partial charge is 0.507 e. The predicted molar refractivity (Wildman–Crippen MR) is 71.3 cm³/mol. The minimum atomic E-state index is -1.38. The van der Waals surface area contributed by atoms with E-state index in [-0.39, 0.29) is 17.7 Å². The number of phenols is 1. The Hall–Kier alpha value is -2.90. The molecule has 0 aliphatic rings. The van der Waals surface area contributed by atoms with Gasteiger partial charge in [0.2, 0.25) is 5.78 Å². The van der Waals surface area contributed by atoms with Crippen LogP contribution in [-0.4, -0.2) is 44.1 Å². The number of hydrogen-bond donors (Lipinski definition) is 4. The van der Waals surface area contributed by atoms with E-state index >= 15 is 0 Å². The van der Waals surface area contributed by atoms with Gasteiger partial charge >= 0.3 is 17.9 Å². The Morgan fingerprint density at radius 2 is 1.38 bits per heavy atom. The third-order valence-corrected chi connectivity index (χ3v) is 1.74. The molecule has 0 aromatic heterocycles. The number of carbonyl (C=O) groups excluding carboxylic acids is 1. The molecule has 0 saturated heterocycles. The molecule has 8 heteroatoms. The summed E-state index contributed by atoms with van der Waals surface area (Å²) in [5.41, 5.74) is -0.0671. The third-order valence-electron chi connectivity index (χ3n) is 1.74. The first-order valence-corrected chi connectivity index (χ1v) is 5.60. The van der Waals surface area contributed by atoms with Crippen molar-refractivity contribution in [2.24, 2.45) is 0 Å². The van der Waals surface area contributed by atoms with Crippen LogP contribution in [0.5, 0.6) is 5.75 Å². The highest BCUT2D eigenvalue weighted by Crippen LogP contribution is 2.14. The number of rotatable bonds is 3. The number of carboxylic acids is 3. The summed E-state index contributed by atoms with van der Waals surface area (Å²) in [6, 6.07) is 5.81. The van der Waals surface area contributed by atoms with Gasteiger partial charge < -0.3 is 20.4 Å². The fourth-order valence-corrected chi connectivity index (χ4v) is 0.654. The molecule has 0 amide bonds. The molecular weight excluding hydrogens is 284 g/mol. The average molecular weight is 300 g/mol. The molecule has 1 rings (SSSR count). The second-order valence-corrected chi connectivity index (χ2v) is 3.43. The van der Waals surface area contributed by atoms with Crippen LogP contribution in [0.1, 0.15) is 30.6 Å². The van der Waals surface area contributed by atoms with Crippen LogP contribution in [0.25, 0.3) is 0 Å². The maximum absolute atomic E-state index is 10.3. The molecule has 0 atom stereocenters. The van der Waals surface area contributed by atoms with E-state index in [2.05, 4.69) is 0 Å². The van der Waals surface area contributed by atoms with Gasteiger partial charge in [0.1, 0.15) is 11.3 Å². The number of aliphatic carboxylic acids is 2. The Morgan fingerprint density at radius 1 is 1.00 bits per heavy atom. The fourth-order valence-electron chi connectivity index (χ4n) is 0.654. The molecule has 0 unspecified atom stereocenters. The van der Waals surface area contributed by atoms with E-state index in [1.54, 1.807) is 19.1 Å². The number of carbonyl (C=O) groups is 4. The zero-order valence-electron chi connectivity index (χ0n) is 11.4. The van der Waals surface area contributed by atoms with Gasteiger partial charge in [-0.1, -0.05) is 19.1 Å². The average Bonchev–Trinajstić information content (AvgIpc) is 2.40. The molecule has 0 heterocycles. The highest BCUT2D eigenvalue weighted by Gasteiger charge is 2.05. The first-order chi connectivity index (χ1) is 9.63. The molecule has 0 spiro atoms. The molecule has 8 nitrogen and oxygen atoms in total. The van der Waals surface area contributed by atoms with Gasteiger partial charge in [-0.2, -0.15) is 0 Å². The smallest absolute Gasteiger partial charge is 0.371 e. The second kappa shape index (κ2) is 11.0. The van der Waals surface area contributed by atoms with Gasteiger partial charge in [0.25, 0.3) is 0 Å². The van der Waals surface area contributed by atoms with Crippen LogP contribution in [0, 0.1) is 0 Å². The first kappa shape index (κ1) is 20.4. The molecule has 4 N–H and O–H groups in total. The molecule has 21 heavy (non-hydrogen) atoms. The topological polar surface area (TPSA) is 149 Å². The fraction of sp³-hybridized carbons (Fsp3) is 0.231. The normalized spacial score (nSPS) is 8.29. The van der Waals surface area contributed by atoms with Crippen LogP contribution in [-0.2, 0) is 14.4 Å². The lowest BCUT2D eigenvalue weighted by atomic mass is 10.2. The summed E-state index contributed by atoms with van der Waals surface area (Å²) in [4.78, 5) is 38.5. The van der Waals surface area contributed by atoms with E-state index in [9.17, 15) is 19.2 Å². The van der Waals surface area contributed by atoms with Crippen molar-refractivity contribution in [1.82, 2.24) is 0 Å². The van der Waals surface area contributed by atoms with Crippen molar-refractivity contribution in [3.63, 3.8) is 0 Å². The number of carboxylic acid groups (broad SMARTS) is 3. The highest BCUT2D eigenvalue weighted by molar-refractivity contribution is 6.31. The minimum absolute atomic E-state index is 0.0671. The molecule has 116 valence electrons. The number of aromatic carboxylic acids is 1. The van der Waals surface area contributed by atoms with Crippen LogP contribution < -0.4 is 0 Å². The summed E-state index contributed by atoms with van der Waals surface area (Å²) in [6.45, 7) is 2.60. The van der Waals surface area contributed by atoms with Crippen molar-refractivity contribution in [3.8, 4) is 5.75 Å². The zero-order valence-corrected chi connectivity index (χ0v) is 11.4. The molecular formula is C13H16O8. The van der Waals surface area contributed by atoms with Gasteiger partial charge in [-0.3, -0.25) is 9.59 Å². The Labute approximate surface area is 120 Å². The predicted octanol–water partition coefficient (Wildman–Crippen LogP) is 1.23. The van der Waals surface area contributed by atoms with E-state index in [4.69, 9.17) is 20.4 Å². The Balaban J connectivity index is 0. The van der Waals surface area contributed by atoms with Crippen LogP contribution in [0.15, 0.2) is 24.3 Å². The third kappa shape index (κ3) is 11.9. The van der Waals surface area contributed by atoms with Crippen molar-refractivity contribution in [1.29, 1.82) is 0 Å². The summed E-state index contributed by atoms with van der Waals surface area (Å²) in [7, 11) is 0. The lowest BCUT2D eigenvalue weighted by molar-refractivity contribution is -0.148. The molecule has 1 aromatic rings. The van der Waals surface area contributed by atoms with Gasteiger partial charge in [-0.05, 0) is 12.1 Å². The highest BCUT2D eigenvalue weighted by atomic mass is 16.4. The SMILES string of the molecule is CC(=O)C(=O)O.CCC(=O)O.O=C(O)c1ccccc1O. The number of benzene rings is 1. The van der Waals surface area contributed by atoms with E-state index in [0.29, 0.717) is 0 Å². The van der Waals surface area contributed by atoms with E-state index in [0.717, 1.165) is 6.92 Å². The van der Waals surface area contributed by atoms with Gasteiger partial charge in [-0.15, -0.1) is 0 Å². The van der Waals surface area contributed by atoms with E-state index in [1.165, 1.54) is 12.1 Å². The van der Waals surface area contributed by atoms with Gasteiger partial charge in [-0.25, -0.2) is 9.59 Å². The summed E-state index contributed by atoms with van der Waals surface area (Å²) in [5.74, 6) is -4.26. The number of aromatic hydroxyl groups is 1. The Kier molecular flexibility index (Phi) is 10.7. The molecule has 0 aliphatic heterocycles. The van der Waals surface area contributed by atoms with Crippen molar-refractivity contribution < 1.29 is 39.6 Å². The van der Waals surface area contributed by atoms with Crippen molar-refractivity contribution in [2.75, 3.05) is 0 Å². The zero-order chi connectivity index (χ0) is 17.0. The maximum Gasteiger partial charge on any atom is 0.371 e. The van der Waals surface area contributed by atoms with Gasteiger partial charge in [0.15, 0.2) is 0 Å². The van der Waals surface area contributed by atoms with E-state index in [1.807, 2.05) is 0 Å². The number of ketones is 1. The second-order valence-electron chi connectivity index (χ2n) is 3.43. The summed E-state index contributed by atoms with van der Waals surface area (Å²) in [5, 5.41) is 32.7. The summed E-state index contributed by atoms with van der Waals surface area (Å²) >= 11 is 0. The van der Waals surface area contributed by atoms with Crippen LogP contribution in [0.4, 0.5) is 0 Å². The standard InChI is InChI=1S/C7H6O3.C3H4O3.C3H6O2/c8-6-4-2-1-3-5(6)7(9)10;1-2(4)3(5)6;1-2-3(4)5/h1-4,8H,(H,9,10);1H3,(H,5,6);2H2,1H3,(H,4,5). The van der Waals surface area contributed by atoms with Crippen molar-refractivity contribution in [3.05, 3.63) is 29.8 Å². The number of para-hydroxylation sites is 1.